The van der Waals surface area contributed by atoms with Gasteiger partial charge in [0.2, 0.25) is 0 Å². The van der Waals surface area contributed by atoms with Gasteiger partial charge < -0.3 is 5.11 Å². The van der Waals surface area contributed by atoms with Gasteiger partial charge in [0.25, 0.3) is 11.4 Å². The minimum absolute atomic E-state index is 0.447. The molecule has 0 saturated carbocycles. The molecule has 3 aromatic rings. The van der Waals surface area contributed by atoms with Gasteiger partial charge >= 0.3 is 11.4 Å². The molecule has 0 atom stereocenters. The monoisotopic (exact) mass is 406 g/mol. The van der Waals surface area contributed by atoms with Crippen molar-refractivity contribution in [1.29, 1.82) is 0 Å². The van der Waals surface area contributed by atoms with Crippen LogP contribution in [0.2, 0.25) is 5.02 Å². The molecule has 0 fully saturated rings. The lowest BCUT2D eigenvalue weighted by Crippen LogP contribution is -1.97. The summed E-state index contributed by atoms with van der Waals surface area (Å²) in [5, 5.41) is 42.0. The number of aromatic nitrogens is 1. The number of aromatic hydroxyl groups is 1. The van der Waals surface area contributed by atoms with Crippen molar-refractivity contribution in [2.75, 3.05) is 0 Å². The van der Waals surface area contributed by atoms with E-state index in [2.05, 4.69) is 4.98 Å². The number of rotatable bonds is 3. The molecule has 0 aliphatic carbocycles. The van der Waals surface area contributed by atoms with E-state index in [9.17, 15) is 30.3 Å². The van der Waals surface area contributed by atoms with Gasteiger partial charge in [0.1, 0.15) is 0 Å². The van der Waals surface area contributed by atoms with E-state index in [1.807, 2.05) is 31.2 Å². The number of pyridine rings is 1. The van der Waals surface area contributed by atoms with Crippen LogP contribution in [-0.2, 0) is 0 Å². The molecular formula is C16H11ClN4O7. The number of hydrogen-bond acceptors (Lipinski definition) is 8. The Morgan fingerprint density at radius 2 is 1.54 bits per heavy atom. The van der Waals surface area contributed by atoms with E-state index in [1.165, 1.54) is 0 Å². The normalized spacial score (nSPS) is 10.1. The Hall–Kier alpha value is -3.86. The highest BCUT2D eigenvalue weighted by Crippen LogP contribution is 2.38. The Morgan fingerprint density at radius 1 is 0.964 bits per heavy atom. The maximum absolute atomic E-state index is 10.4. The standard InChI is InChI=1S/C10H8ClN.C6H3N3O7/c1-7-4-5-9(11)8-3-2-6-12-10(7)8;10-6-4(8(13)14)1-3(7(11)12)2-5(6)9(15)16/h2-6H,1H3;1-2,10H. The predicted octanol–water partition coefficient (Wildman–Crippen LogP) is 4.31. The number of benzene rings is 2. The highest BCUT2D eigenvalue weighted by atomic mass is 35.5. The molecule has 0 aliphatic heterocycles. The quantitative estimate of drug-likeness (QED) is 0.496. The third-order valence-corrected chi connectivity index (χ3v) is 3.91. The minimum atomic E-state index is -1.21. The van der Waals surface area contributed by atoms with Crippen molar-refractivity contribution in [2.45, 2.75) is 6.92 Å². The zero-order chi connectivity index (χ0) is 21.0. The zero-order valence-electron chi connectivity index (χ0n) is 14.1. The smallest absolute Gasteiger partial charge is 0.324 e. The number of nitro groups is 3. The lowest BCUT2D eigenvalue weighted by Gasteiger charge is -2.01. The zero-order valence-corrected chi connectivity index (χ0v) is 14.9. The molecule has 1 aromatic heterocycles. The third-order valence-electron chi connectivity index (χ3n) is 3.58. The number of nitrogens with zero attached hydrogens (tertiary/aromatic N) is 4. The molecule has 0 unspecified atom stereocenters. The SMILES string of the molecule is Cc1ccc(Cl)c2cccnc12.O=[N+]([O-])c1cc([N+](=O)[O-])c(O)c([N+](=O)[O-])c1. The van der Waals surface area contributed by atoms with Gasteiger partial charge in [-0.3, -0.25) is 35.3 Å². The molecule has 12 heteroatoms. The van der Waals surface area contributed by atoms with Crippen LogP contribution in [0.5, 0.6) is 5.75 Å². The van der Waals surface area contributed by atoms with Gasteiger partial charge in [0.05, 0.1) is 32.4 Å². The summed E-state index contributed by atoms with van der Waals surface area (Å²) in [5.74, 6) is -1.21. The second kappa shape index (κ2) is 8.22. The minimum Gasteiger partial charge on any atom is -0.497 e. The van der Waals surface area contributed by atoms with Crippen LogP contribution in [0.3, 0.4) is 0 Å². The number of non-ortho nitro benzene ring substituents is 1. The van der Waals surface area contributed by atoms with Crippen molar-refractivity contribution in [1.82, 2.24) is 4.98 Å². The van der Waals surface area contributed by atoms with Gasteiger partial charge in [-0.05, 0) is 30.7 Å². The van der Waals surface area contributed by atoms with Crippen LogP contribution in [0.1, 0.15) is 5.56 Å². The first kappa shape index (κ1) is 20.5. The summed E-state index contributed by atoms with van der Waals surface area (Å²) in [7, 11) is 0. The van der Waals surface area contributed by atoms with E-state index < -0.39 is 37.6 Å². The fourth-order valence-corrected chi connectivity index (χ4v) is 2.47. The van der Waals surface area contributed by atoms with Gasteiger partial charge in [0, 0.05) is 16.6 Å². The van der Waals surface area contributed by atoms with Gasteiger partial charge in [-0.1, -0.05) is 17.7 Å². The number of phenolic OH excluding ortho intramolecular Hbond substituents is 1. The van der Waals surface area contributed by atoms with Crippen molar-refractivity contribution >= 4 is 39.6 Å². The summed E-state index contributed by atoms with van der Waals surface area (Å²) in [5.41, 5.74) is -0.849. The van der Waals surface area contributed by atoms with Gasteiger partial charge in [-0.2, -0.15) is 0 Å². The van der Waals surface area contributed by atoms with Crippen LogP contribution < -0.4 is 0 Å². The number of nitro benzene ring substituents is 3. The number of phenols is 1. The maximum atomic E-state index is 10.4. The van der Waals surface area contributed by atoms with Crippen LogP contribution in [-0.4, -0.2) is 24.9 Å². The molecule has 0 saturated heterocycles. The maximum Gasteiger partial charge on any atom is 0.324 e. The Labute approximate surface area is 161 Å². The Morgan fingerprint density at radius 3 is 2.00 bits per heavy atom. The average molecular weight is 407 g/mol. The topological polar surface area (TPSA) is 163 Å². The molecule has 11 nitrogen and oxygen atoms in total. The molecule has 144 valence electrons. The molecule has 0 amide bonds. The highest BCUT2D eigenvalue weighted by Gasteiger charge is 2.30. The van der Waals surface area contributed by atoms with Crippen molar-refractivity contribution < 1.29 is 19.9 Å². The van der Waals surface area contributed by atoms with Gasteiger partial charge in [0.15, 0.2) is 0 Å². The average Bonchev–Trinajstić information content (AvgIpc) is 2.65. The fraction of sp³-hybridized carbons (Fsp3) is 0.0625. The van der Waals surface area contributed by atoms with E-state index in [-0.39, 0.29) is 0 Å². The summed E-state index contributed by atoms with van der Waals surface area (Å²) < 4.78 is 0. The Kier molecular flexibility index (Phi) is 6.01. The lowest BCUT2D eigenvalue weighted by molar-refractivity contribution is -0.404. The van der Waals surface area contributed by atoms with Crippen molar-refractivity contribution in [3.05, 3.63) is 83.5 Å². The molecule has 0 bridgehead atoms. The molecule has 2 aromatic carbocycles. The van der Waals surface area contributed by atoms with Crippen LogP contribution in [0.4, 0.5) is 17.1 Å². The Balaban J connectivity index is 0.000000207. The molecule has 1 N–H and O–H groups in total. The van der Waals surface area contributed by atoms with E-state index in [4.69, 9.17) is 16.7 Å². The van der Waals surface area contributed by atoms with Crippen LogP contribution in [0.15, 0.2) is 42.6 Å². The number of fused-ring (bicyclic) bond motifs is 1. The number of hydrogen-bond donors (Lipinski definition) is 1. The first-order chi connectivity index (χ1) is 13.1. The molecule has 1 heterocycles. The van der Waals surface area contributed by atoms with Crippen LogP contribution >= 0.6 is 11.6 Å². The second-order valence-corrected chi connectivity index (χ2v) is 5.78. The Bertz CT molecular complexity index is 1030. The summed E-state index contributed by atoms with van der Waals surface area (Å²) >= 11 is 5.99. The van der Waals surface area contributed by atoms with E-state index in [1.54, 1.807) is 6.20 Å². The molecule has 0 radical (unpaired) electrons. The van der Waals surface area contributed by atoms with E-state index in [0.717, 1.165) is 21.5 Å². The summed E-state index contributed by atoms with van der Waals surface area (Å²) in [6, 6.07) is 8.66. The first-order valence-corrected chi connectivity index (χ1v) is 7.81. The molecule has 28 heavy (non-hydrogen) atoms. The predicted molar refractivity (Wildman–Crippen MR) is 99.6 cm³/mol. The molecule has 3 rings (SSSR count). The van der Waals surface area contributed by atoms with Gasteiger partial charge in [-0.25, -0.2) is 0 Å². The van der Waals surface area contributed by atoms with Crippen LogP contribution in [0.25, 0.3) is 10.9 Å². The third kappa shape index (κ3) is 4.27. The van der Waals surface area contributed by atoms with Crippen molar-refractivity contribution in [2.24, 2.45) is 0 Å². The van der Waals surface area contributed by atoms with Crippen molar-refractivity contribution in [3.63, 3.8) is 0 Å². The molecule has 0 spiro atoms. The van der Waals surface area contributed by atoms with Crippen molar-refractivity contribution in [3.8, 4) is 5.75 Å². The molecular weight excluding hydrogens is 396 g/mol. The summed E-state index contributed by atoms with van der Waals surface area (Å²) in [4.78, 5) is 32.0. The molecule has 0 aliphatic rings. The number of aryl methyl sites for hydroxylation is 1. The first-order valence-electron chi connectivity index (χ1n) is 7.43. The van der Waals surface area contributed by atoms with Gasteiger partial charge in [-0.15, -0.1) is 0 Å². The number of halogens is 1. The largest absolute Gasteiger partial charge is 0.497 e. The summed E-state index contributed by atoms with van der Waals surface area (Å²) in [6.07, 6.45) is 1.78. The van der Waals surface area contributed by atoms with E-state index in [0.29, 0.717) is 12.1 Å². The van der Waals surface area contributed by atoms with Crippen LogP contribution in [0, 0.1) is 37.3 Å². The van der Waals surface area contributed by atoms with E-state index >= 15 is 0 Å². The summed E-state index contributed by atoms with van der Waals surface area (Å²) in [6.45, 7) is 2.03. The highest BCUT2D eigenvalue weighted by molar-refractivity contribution is 6.35. The fourth-order valence-electron chi connectivity index (χ4n) is 2.25. The lowest BCUT2D eigenvalue weighted by atomic mass is 10.1. The second-order valence-electron chi connectivity index (χ2n) is 5.37.